The van der Waals surface area contributed by atoms with Gasteiger partial charge < -0.3 is 0 Å². The number of amides is 2. The second-order valence-corrected chi connectivity index (χ2v) is 3.51. The van der Waals surface area contributed by atoms with Crippen LogP contribution in [0.2, 0.25) is 0 Å². The monoisotopic (exact) mass is 215 g/mol. The van der Waals surface area contributed by atoms with Gasteiger partial charge in [0.2, 0.25) is 0 Å². The molecule has 4 heteroatoms. The Morgan fingerprint density at radius 1 is 1.19 bits per heavy atom. The van der Waals surface area contributed by atoms with Gasteiger partial charge in [0.25, 0.3) is 0 Å². The molecule has 0 atom stereocenters. The topological polar surface area (TPSA) is 58.4 Å². The summed E-state index contributed by atoms with van der Waals surface area (Å²) in [4.78, 5) is 12.9. The Hall–Kier alpha value is -2.07. The van der Waals surface area contributed by atoms with E-state index in [1.54, 1.807) is 7.05 Å². The third-order valence-corrected chi connectivity index (χ3v) is 2.56. The number of hydrogen-bond donors (Lipinski definition) is 2. The van der Waals surface area contributed by atoms with Gasteiger partial charge in [0.05, 0.1) is 5.69 Å². The van der Waals surface area contributed by atoms with Gasteiger partial charge >= 0.3 is 6.03 Å². The zero-order valence-electron chi connectivity index (χ0n) is 8.97. The van der Waals surface area contributed by atoms with Crippen molar-refractivity contribution in [1.82, 2.24) is 5.43 Å². The van der Waals surface area contributed by atoms with Crippen LogP contribution in [0.15, 0.2) is 42.5 Å². The lowest BCUT2D eigenvalue weighted by molar-refractivity contribution is 0.248. The molecule has 0 heterocycles. The molecule has 0 aliphatic rings. The number of hydrogen-bond acceptors (Lipinski definition) is 2. The SMILES string of the molecule is CN(C(=O)NN)c1cccc2ccccc12. The fraction of sp³-hybridized carbons (Fsp3) is 0.0833. The molecular formula is C12H13N3O. The van der Waals surface area contributed by atoms with E-state index in [1.165, 1.54) is 4.90 Å². The summed E-state index contributed by atoms with van der Waals surface area (Å²) in [5, 5.41) is 2.12. The molecule has 3 N–H and O–H groups in total. The zero-order chi connectivity index (χ0) is 11.5. The molecule has 2 aromatic carbocycles. The first kappa shape index (κ1) is 10.4. The zero-order valence-corrected chi connectivity index (χ0v) is 8.97. The maximum Gasteiger partial charge on any atom is 0.335 e. The third kappa shape index (κ3) is 1.70. The van der Waals surface area contributed by atoms with Gasteiger partial charge in [0.15, 0.2) is 0 Å². The minimum atomic E-state index is -0.337. The Labute approximate surface area is 93.6 Å². The first-order chi connectivity index (χ1) is 7.74. The van der Waals surface area contributed by atoms with Crippen molar-refractivity contribution < 1.29 is 4.79 Å². The third-order valence-electron chi connectivity index (χ3n) is 2.56. The van der Waals surface area contributed by atoms with E-state index in [1.807, 2.05) is 42.5 Å². The van der Waals surface area contributed by atoms with E-state index in [2.05, 4.69) is 5.43 Å². The van der Waals surface area contributed by atoms with Gasteiger partial charge in [-0.15, -0.1) is 0 Å². The van der Waals surface area contributed by atoms with E-state index in [0.717, 1.165) is 16.5 Å². The molecule has 0 aromatic heterocycles. The van der Waals surface area contributed by atoms with Gasteiger partial charge in [-0.05, 0) is 11.5 Å². The average molecular weight is 215 g/mol. The van der Waals surface area contributed by atoms with Crippen LogP contribution in [0.25, 0.3) is 10.8 Å². The average Bonchev–Trinajstić information content (AvgIpc) is 2.36. The van der Waals surface area contributed by atoms with E-state index < -0.39 is 0 Å². The van der Waals surface area contributed by atoms with Crippen LogP contribution in [0.1, 0.15) is 0 Å². The van der Waals surface area contributed by atoms with Crippen molar-refractivity contribution in [3.8, 4) is 0 Å². The van der Waals surface area contributed by atoms with Crippen molar-refractivity contribution in [2.75, 3.05) is 11.9 Å². The van der Waals surface area contributed by atoms with Gasteiger partial charge in [-0.2, -0.15) is 0 Å². The molecule has 0 spiro atoms. The number of benzene rings is 2. The molecular weight excluding hydrogens is 202 g/mol. The van der Waals surface area contributed by atoms with Crippen molar-refractivity contribution in [2.45, 2.75) is 0 Å². The molecule has 2 aromatic rings. The number of nitrogens with one attached hydrogen (secondary N) is 1. The second kappa shape index (κ2) is 4.20. The first-order valence-corrected chi connectivity index (χ1v) is 4.96. The van der Waals surface area contributed by atoms with Crippen LogP contribution in [0.4, 0.5) is 10.5 Å². The number of nitrogens with two attached hydrogens (primary N) is 1. The lowest BCUT2D eigenvalue weighted by Gasteiger charge is -2.18. The molecule has 82 valence electrons. The first-order valence-electron chi connectivity index (χ1n) is 4.96. The smallest absolute Gasteiger partial charge is 0.296 e. The van der Waals surface area contributed by atoms with Crippen molar-refractivity contribution in [3.05, 3.63) is 42.5 Å². The fourth-order valence-corrected chi connectivity index (χ4v) is 1.71. The Kier molecular flexibility index (Phi) is 2.74. The maximum atomic E-state index is 11.4. The molecule has 0 bridgehead atoms. The summed E-state index contributed by atoms with van der Waals surface area (Å²) >= 11 is 0. The number of carbonyl (C=O) groups is 1. The van der Waals surface area contributed by atoms with E-state index in [4.69, 9.17) is 5.84 Å². The minimum Gasteiger partial charge on any atom is -0.296 e. The second-order valence-electron chi connectivity index (χ2n) is 3.51. The van der Waals surface area contributed by atoms with Crippen LogP contribution in [0.5, 0.6) is 0 Å². The molecule has 2 amide bonds. The number of urea groups is 1. The highest BCUT2D eigenvalue weighted by Crippen LogP contribution is 2.25. The Morgan fingerprint density at radius 2 is 1.88 bits per heavy atom. The van der Waals surface area contributed by atoms with Gasteiger partial charge in [0, 0.05) is 12.4 Å². The molecule has 4 nitrogen and oxygen atoms in total. The largest absolute Gasteiger partial charge is 0.335 e. The molecule has 0 saturated heterocycles. The number of fused-ring (bicyclic) bond motifs is 1. The Bertz CT molecular complexity index is 519. The van der Waals surface area contributed by atoms with Gasteiger partial charge in [-0.25, -0.2) is 10.6 Å². The van der Waals surface area contributed by atoms with E-state index >= 15 is 0 Å². The number of anilines is 1. The van der Waals surface area contributed by atoms with Crippen LogP contribution in [0, 0.1) is 0 Å². The lowest BCUT2D eigenvalue weighted by Crippen LogP contribution is -2.41. The Balaban J connectivity index is 2.56. The molecule has 0 unspecified atom stereocenters. The summed E-state index contributed by atoms with van der Waals surface area (Å²) in [6, 6.07) is 13.4. The number of hydrazine groups is 1. The molecule has 0 saturated carbocycles. The minimum absolute atomic E-state index is 0.337. The van der Waals surface area contributed by atoms with E-state index in [9.17, 15) is 4.79 Å². The normalized spacial score (nSPS) is 10.1. The summed E-state index contributed by atoms with van der Waals surface area (Å²) in [5.41, 5.74) is 2.95. The summed E-state index contributed by atoms with van der Waals surface area (Å²) in [6.07, 6.45) is 0. The molecule has 2 rings (SSSR count). The van der Waals surface area contributed by atoms with Gasteiger partial charge in [0.1, 0.15) is 0 Å². The van der Waals surface area contributed by atoms with Crippen molar-refractivity contribution in [2.24, 2.45) is 5.84 Å². The highest BCUT2D eigenvalue weighted by molar-refractivity contribution is 6.02. The summed E-state index contributed by atoms with van der Waals surface area (Å²) < 4.78 is 0. The predicted octanol–water partition coefficient (Wildman–Crippen LogP) is 1.86. The summed E-state index contributed by atoms with van der Waals surface area (Å²) in [7, 11) is 1.68. The standard InChI is InChI=1S/C12H13N3O/c1-15(12(16)14-13)11-8-4-6-9-5-2-3-7-10(9)11/h2-8H,13H2,1H3,(H,14,16). The van der Waals surface area contributed by atoms with Crippen molar-refractivity contribution >= 4 is 22.5 Å². The van der Waals surface area contributed by atoms with Crippen LogP contribution in [-0.4, -0.2) is 13.1 Å². The van der Waals surface area contributed by atoms with Crippen LogP contribution < -0.4 is 16.2 Å². The fourth-order valence-electron chi connectivity index (χ4n) is 1.71. The van der Waals surface area contributed by atoms with E-state index in [-0.39, 0.29) is 6.03 Å². The van der Waals surface area contributed by atoms with E-state index in [0.29, 0.717) is 0 Å². The quantitative estimate of drug-likeness (QED) is 0.433. The number of carbonyl (C=O) groups excluding carboxylic acids is 1. The number of nitrogens with zero attached hydrogens (tertiary/aromatic N) is 1. The molecule has 16 heavy (non-hydrogen) atoms. The van der Waals surface area contributed by atoms with Crippen molar-refractivity contribution in [1.29, 1.82) is 0 Å². The number of rotatable bonds is 1. The molecule has 0 aliphatic carbocycles. The van der Waals surface area contributed by atoms with Gasteiger partial charge in [-0.1, -0.05) is 36.4 Å². The van der Waals surface area contributed by atoms with Crippen LogP contribution in [-0.2, 0) is 0 Å². The van der Waals surface area contributed by atoms with Crippen LogP contribution in [0.3, 0.4) is 0 Å². The summed E-state index contributed by atoms with van der Waals surface area (Å²) in [6.45, 7) is 0. The summed E-state index contributed by atoms with van der Waals surface area (Å²) in [5.74, 6) is 5.11. The predicted molar refractivity (Wildman–Crippen MR) is 65.1 cm³/mol. The molecule has 0 fully saturated rings. The van der Waals surface area contributed by atoms with Gasteiger partial charge in [-0.3, -0.25) is 10.3 Å². The lowest BCUT2D eigenvalue weighted by atomic mass is 10.1. The highest BCUT2D eigenvalue weighted by Gasteiger charge is 2.11. The highest BCUT2D eigenvalue weighted by atomic mass is 16.2. The maximum absolute atomic E-state index is 11.4. The molecule has 0 radical (unpaired) electrons. The van der Waals surface area contributed by atoms with Crippen molar-refractivity contribution in [3.63, 3.8) is 0 Å². The van der Waals surface area contributed by atoms with Crippen LogP contribution >= 0.6 is 0 Å². The Morgan fingerprint density at radius 3 is 2.62 bits per heavy atom. The molecule has 0 aliphatic heterocycles.